The molecule has 2 rings (SSSR count). The van der Waals surface area contributed by atoms with Crippen LogP contribution >= 0.6 is 0 Å². The minimum Gasteiger partial charge on any atom is -0.239 e. The second-order valence-electron chi connectivity index (χ2n) is 4.44. The zero-order valence-corrected chi connectivity index (χ0v) is 9.22. The van der Waals surface area contributed by atoms with Crippen LogP contribution in [-0.2, 0) is 12.1 Å². The van der Waals surface area contributed by atoms with E-state index in [1.165, 1.54) is 11.1 Å². The summed E-state index contributed by atoms with van der Waals surface area (Å²) >= 11 is 0. The fraction of sp³-hybridized carbons (Fsp3) is 0.429. The molecule has 0 unspecified atom stereocenters. The lowest BCUT2D eigenvalue weighted by molar-refractivity contribution is 0.317. The highest BCUT2D eigenvalue weighted by atomic mass is 19.1. The molecule has 0 amide bonds. The average molecular weight is 204 g/mol. The van der Waals surface area contributed by atoms with Gasteiger partial charge in [0.1, 0.15) is 5.67 Å². The van der Waals surface area contributed by atoms with Crippen molar-refractivity contribution < 1.29 is 4.39 Å². The van der Waals surface area contributed by atoms with Crippen LogP contribution in [0, 0.1) is 0 Å². The molecule has 0 spiro atoms. The molecule has 1 fully saturated rings. The molecule has 0 aromatic heterocycles. The number of rotatable bonds is 4. The lowest BCUT2D eigenvalue weighted by atomic mass is 10.0. The summed E-state index contributed by atoms with van der Waals surface area (Å²) in [7, 11) is 0. The van der Waals surface area contributed by atoms with Crippen molar-refractivity contribution in [1.82, 2.24) is 0 Å². The van der Waals surface area contributed by atoms with Crippen molar-refractivity contribution in [1.29, 1.82) is 0 Å². The van der Waals surface area contributed by atoms with E-state index in [0.717, 1.165) is 18.4 Å². The first-order valence-corrected chi connectivity index (χ1v) is 5.59. The van der Waals surface area contributed by atoms with Gasteiger partial charge in [-0.3, -0.25) is 0 Å². The lowest BCUT2D eigenvalue weighted by Crippen LogP contribution is -1.97. The second kappa shape index (κ2) is 3.80. The van der Waals surface area contributed by atoms with Crippen LogP contribution in [0.4, 0.5) is 4.39 Å². The Morgan fingerprint density at radius 2 is 1.93 bits per heavy atom. The van der Waals surface area contributed by atoms with E-state index in [2.05, 4.69) is 13.5 Å². The quantitative estimate of drug-likeness (QED) is 0.646. The molecule has 0 aliphatic heterocycles. The molecule has 1 heteroatoms. The number of allylic oxidation sites excluding steroid dienone is 1. The highest BCUT2D eigenvalue weighted by molar-refractivity contribution is 5.32. The van der Waals surface area contributed by atoms with Crippen molar-refractivity contribution >= 4 is 0 Å². The third-order valence-electron chi connectivity index (χ3n) is 3.11. The van der Waals surface area contributed by atoms with Gasteiger partial charge in [-0.15, -0.1) is 0 Å². The van der Waals surface area contributed by atoms with Gasteiger partial charge in [-0.25, -0.2) is 4.39 Å². The van der Waals surface area contributed by atoms with Crippen LogP contribution in [0.3, 0.4) is 0 Å². The van der Waals surface area contributed by atoms with Gasteiger partial charge in [0.2, 0.25) is 0 Å². The summed E-state index contributed by atoms with van der Waals surface area (Å²) in [4.78, 5) is 0. The summed E-state index contributed by atoms with van der Waals surface area (Å²) in [5.41, 5.74) is 2.30. The van der Waals surface area contributed by atoms with Crippen LogP contribution in [-0.4, -0.2) is 0 Å². The topological polar surface area (TPSA) is 0 Å². The molecule has 1 aromatic rings. The molecule has 1 saturated carbocycles. The first-order valence-electron chi connectivity index (χ1n) is 5.59. The average Bonchev–Trinajstić information content (AvgIpc) is 2.98. The maximum Gasteiger partial charge on any atom is 0.136 e. The van der Waals surface area contributed by atoms with E-state index in [0.29, 0.717) is 12.8 Å². The van der Waals surface area contributed by atoms with Crippen molar-refractivity contribution in [3.63, 3.8) is 0 Å². The summed E-state index contributed by atoms with van der Waals surface area (Å²) in [5.74, 6) is 0. The maximum absolute atomic E-state index is 13.7. The fourth-order valence-electron chi connectivity index (χ4n) is 1.73. The van der Waals surface area contributed by atoms with Crippen LogP contribution in [0.5, 0.6) is 0 Å². The van der Waals surface area contributed by atoms with E-state index in [1.54, 1.807) is 0 Å². The lowest BCUT2D eigenvalue weighted by Gasteiger charge is -2.07. The van der Waals surface area contributed by atoms with Crippen molar-refractivity contribution in [2.45, 2.75) is 38.3 Å². The molecule has 1 aliphatic carbocycles. The van der Waals surface area contributed by atoms with E-state index in [1.807, 2.05) is 24.3 Å². The molecule has 0 saturated heterocycles. The normalized spacial score (nSPS) is 17.5. The number of benzene rings is 1. The predicted octanol–water partition coefficient (Wildman–Crippen LogP) is 4.15. The molecule has 0 bridgehead atoms. The van der Waals surface area contributed by atoms with Crippen LogP contribution in [0.15, 0.2) is 36.4 Å². The van der Waals surface area contributed by atoms with Gasteiger partial charge in [0.05, 0.1) is 0 Å². The maximum atomic E-state index is 13.7. The van der Waals surface area contributed by atoms with Crippen molar-refractivity contribution in [3.05, 3.63) is 47.5 Å². The van der Waals surface area contributed by atoms with E-state index in [-0.39, 0.29) is 0 Å². The molecule has 15 heavy (non-hydrogen) atoms. The zero-order valence-electron chi connectivity index (χ0n) is 9.22. The van der Waals surface area contributed by atoms with E-state index < -0.39 is 5.67 Å². The molecule has 0 radical (unpaired) electrons. The van der Waals surface area contributed by atoms with Crippen molar-refractivity contribution in [3.8, 4) is 0 Å². The van der Waals surface area contributed by atoms with Gasteiger partial charge in [0.15, 0.2) is 0 Å². The smallest absolute Gasteiger partial charge is 0.136 e. The first kappa shape index (κ1) is 10.4. The first-order chi connectivity index (χ1) is 7.14. The Morgan fingerprint density at radius 1 is 1.33 bits per heavy atom. The van der Waals surface area contributed by atoms with E-state index >= 15 is 0 Å². The van der Waals surface area contributed by atoms with Crippen LogP contribution in [0.1, 0.15) is 37.3 Å². The largest absolute Gasteiger partial charge is 0.239 e. The summed E-state index contributed by atoms with van der Waals surface area (Å²) in [6, 6.07) is 7.89. The van der Waals surface area contributed by atoms with E-state index in [4.69, 9.17) is 0 Å². The molecular weight excluding hydrogens is 187 g/mol. The van der Waals surface area contributed by atoms with Gasteiger partial charge in [0.25, 0.3) is 0 Å². The Balaban J connectivity index is 2.07. The van der Waals surface area contributed by atoms with Gasteiger partial charge in [-0.1, -0.05) is 43.3 Å². The number of halogens is 1. The molecule has 0 heterocycles. The van der Waals surface area contributed by atoms with Gasteiger partial charge < -0.3 is 0 Å². The van der Waals surface area contributed by atoms with Crippen molar-refractivity contribution in [2.75, 3.05) is 0 Å². The Morgan fingerprint density at radius 3 is 2.40 bits per heavy atom. The highest BCUT2D eigenvalue weighted by Gasteiger charge is 2.44. The van der Waals surface area contributed by atoms with Gasteiger partial charge in [0, 0.05) is 0 Å². The molecule has 80 valence electrons. The molecular formula is C14H17F. The minimum absolute atomic E-state index is 0.689. The molecule has 0 atom stereocenters. The summed E-state index contributed by atoms with van der Waals surface area (Å²) < 4.78 is 13.7. The van der Waals surface area contributed by atoms with Crippen LogP contribution in [0.25, 0.3) is 0 Å². The Bertz CT molecular complexity index is 357. The summed E-state index contributed by atoms with van der Waals surface area (Å²) in [6.45, 7) is 6.09. The summed E-state index contributed by atoms with van der Waals surface area (Å²) in [5, 5.41) is 0. The number of hydrogen-bond donors (Lipinski definition) is 0. The monoisotopic (exact) mass is 204 g/mol. The molecule has 0 nitrogen and oxygen atoms in total. The Hall–Kier alpha value is -1.11. The van der Waals surface area contributed by atoms with Crippen LogP contribution in [0.2, 0.25) is 0 Å². The van der Waals surface area contributed by atoms with Gasteiger partial charge >= 0.3 is 0 Å². The third kappa shape index (κ3) is 2.28. The SMILES string of the molecule is C=C(CC)Cc1ccc(C2(F)CC2)cc1. The van der Waals surface area contributed by atoms with Crippen molar-refractivity contribution in [2.24, 2.45) is 0 Å². The third-order valence-corrected chi connectivity index (χ3v) is 3.11. The van der Waals surface area contributed by atoms with Gasteiger partial charge in [-0.05, 0) is 36.8 Å². The van der Waals surface area contributed by atoms with E-state index in [9.17, 15) is 4.39 Å². The zero-order chi connectivity index (χ0) is 10.9. The minimum atomic E-state index is -1.000. The molecule has 1 aromatic carbocycles. The number of hydrogen-bond acceptors (Lipinski definition) is 0. The summed E-state index contributed by atoms with van der Waals surface area (Å²) in [6.07, 6.45) is 3.30. The fourth-order valence-corrected chi connectivity index (χ4v) is 1.73. The van der Waals surface area contributed by atoms with Crippen LogP contribution < -0.4 is 0 Å². The van der Waals surface area contributed by atoms with Gasteiger partial charge in [-0.2, -0.15) is 0 Å². The second-order valence-corrected chi connectivity index (χ2v) is 4.44. The standard InChI is InChI=1S/C14H17F/c1-3-11(2)10-12-4-6-13(7-5-12)14(15)8-9-14/h4-7H,2-3,8-10H2,1H3. The Labute approximate surface area is 90.8 Å². The highest BCUT2D eigenvalue weighted by Crippen LogP contribution is 2.49. The Kier molecular flexibility index (Phi) is 2.64. The predicted molar refractivity (Wildman–Crippen MR) is 61.6 cm³/mol. The molecule has 1 aliphatic rings. The number of alkyl halides is 1. The molecule has 0 N–H and O–H groups in total.